The van der Waals surface area contributed by atoms with Gasteiger partial charge in [0.2, 0.25) is 11.8 Å². The van der Waals surface area contributed by atoms with Crippen molar-refractivity contribution >= 4 is 23.7 Å². The van der Waals surface area contributed by atoms with Gasteiger partial charge in [0, 0.05) is 11.1 Å². The van der Waals surface area contributed by atoms with Crippen LogP contribution < -0.4 is 0 Å². The van der Waals surface area contributed by atoms with Crippen LogP contribution in [-0.4, -0.2) is 49.0 Å². The predicted molar refractivity (Wildman–Crippen MR) is 110 cm³/mol. The Morgan fingerprint density at radius 3 is 1.40 bits per heavy atom. The van der Waals surface area contributed by atoms with Crippen molar-refractivity contribution in [2.24, 2.45) is 9.98 Å². The molecule has 0 unspecified atom stereocenters. The number of ether oxygens (including phenoxy) is 4. The second-order valence-corrected chi connectivity index (χ2v) is 7.80. The second-order valence-electron chi connectivity index (χ2n) is 7.80. The first-order valence-electron chi connectivity index (χ1n) is 9.32. The van der Waals surface area contributed by atoms with Crippen LogP contribution >= 0.6 is 0 Å². The molecule has 0 radical (unpaired) electrons. The number of benzene rings is 1. The van der Waals surface area contributed by atoms with Gasteiger partial charge in [-0.3, -0.25) is 0 Å². The van der Waals surface area contributed by atoms with Crippen LogP contribution in [0.5, 0.6) is 0 Å². The molecule has 30 heavy (non-hydrogen) atoms. The topological polar surface area (TPSA) is 95.8 Å². The maximum Gasteiger partial charge on any atom is 0.333 e. The Morgan fingerprint density at radius 1 is 0.767 bits per heavy atom. The molecule has 0 fully saturated rings. The zero-order valence-electron chi connectivity index (χ0n) is 17.8. The standard InChI is InChI=1S/C22H24N2O6/c1-21(2)15(11-17(25)27-5)29-19(23-21)13-7-9-14(10-8-13)20-24-22(3,4)16(30-20)12-18(26)28-6/h7-12H,1-6H3/b15-11+,16-12+. The molecule has 2 aliphatic rings. The number of aliphatic imine (C=N–C) groups is 2. The molecular weight excluding hydrogens is 388 g/mol. The molecule has 1 aromatic rings. The molecule has 0 aromatic heterocycles. The molecule has 0 N–H and O–H groups in total. The first-order chi connectivity index (χ1) is 14.1. The quantitative estimate of drug-likeness (QED) is 0.557. The van der Waals surface area contributed by atoms with Crippen molar-refractivity contribution in [1.82, 2.24) is 0 Å². The summed E-state index contributed by atoms with van der Waals surface area (Å²) in [5, 5.41) is 0. The molecule has 2 heterocycles. The highest BCUT2D eigenvalue weighted by Gasteiger charge is 2.36. The van der Waals surface area contributed by atoms with Crippen molar-refractivity contribution in [3.8, 4) is 0 Å². The molecule has 0 atom stereocenters. The van der Waals surface area contributed by atoms with Gasteiger partial charge in [0.25, 0.3) is 0 Å². The zero-order valence-corrected chi connectivity index (χ0v) is 17.8. The number of hydrogen-bond acceptors (Lipinski definition) is 8. The van der Waals surface area contributed by atoms with E-state index in [-0.39, 0.29) is 0 Å². The van der Waals surface area contributed by atoms with Gasteiger partial charge in [-0.2, -0.15) is 0 Å². The summed E-state index contributed by atoms with van der Waals surface area (Å²) in [5.74, 6) is 0.636. The van der Waals surface area contributed by atoms with E-state index in [1.807, 2.05) is 52.0 Å². The molecule has 0 aliphatic carbocycles. The lowest BCUT2D eigenvalue weighted by Crippen LogP contribution is -2.17. The van der Waals surface area contributed by atoms with E-state index in [4.69, 9.17) is 9.47 Å². The SMILES string of the molecule is COC(=O)/C=C1/OC(c2ccc(C3=NC(C)(C)/C(=C\C(=O)OC)O3)cc2)=NC1(C)C. The fourth-order valence-electron chi connectivity index (χ4n) is 2.87. The molecule has 0 bridgehead atoms. The Morgan fingerprint density at radius 2 is 1.10 bits per heavy atom. The van der Waals surface area contributed by atoms with E-state index in [1.54, 1.807) is 0 Å². The van der Waals surface area contributed by atoms with Crippen molar-refractivity contribution in [3.63, 3.8) is 0 Å². The van der Waals surface area contributed by atoms with Crippen molar-refractivity contribution in [3.05, 3.63) is 59.1 Å². The Balaban J connectivity index is 1.81. The van der Waals surface area contributed by atoms with Crippen LogP contribution in [0.1, 0.15) is 38.8 Å². The second kappa shape index (κ2) is 7.78. The van der Waals surface area contributed by atoms with Crippen LogP contribution in [0.2, 0.25) is 0 Å². The van der Waals surface area contributed by atoms with Gasteiger partial charge in [-0.25, -0.2) is 19.6 Å². The summed E-state index contributed by atoms with van der Waals surface area (Å²) in [6, 6.07) is 7.30. The zero-order chi connectivity index (χ0) is 22.1. The molecular formula is C22H24N2O6. The number of methoxy groups -OCH3 is 2. The van der Waals surface area contributed by atoms with Crippen LogP contribution in [0.4, 0.5) is 0 Å². The van der Waals surface area contributed by atoms with Crippen LogP contribution in [0.15, 0.2) is 57.9 Å². The van der Waals surface area contributed by atoms with Gasteiger partial charge in [0.05, 0.1) is 26.4 Å². The van der Waals surface area contributed by atoms with Gasteiger partial charge < -0.3 is 18.9 Å². The molecule has 1 aromatic carbocycles. The van der Waals surface area contributed by atoms with Crippen molar-refractivity contribution in [2.45, 2.75) is 38.8 Å². The minimum atomic E-state index is -0.682. The molecule has 0 spiro atoms. The maximum atomic E-state index is 11.6. The molecule has 0 saturated carbocycles. The van der Waals surface area contributed by atoms with Crippen LogP contribution in [0, 0.1) is 0 Å². The van der Waals surface area contributed by atoms with Gasteiger partial charge in [0.15, 0.2) is 0 Å². The minimum absolute atomic E-state index is 0.405. The molecule has 0 amide bonds. The van der Waals surface area contributed by atoms with Gasteiger partial charge >= 0.3 is 11.9 Å². The van der Waals surface area contributed by atoms with E-state index in [0.29, 0.717) is 23.3 Å². The third kappa shape index (κ3) is 4.27. The third-order valence-corrected chi connectivity index (χ3v) is 4.66. The summed E-state index contributed by atoms with van der Waals surface area (Å²) in [5.41, 5.74) is 0.114. The van der Waals surface area contributed by atoms with Crippen LogP contribution in [0.3, 0.4) is 0 Å². The molecule has 158 valence electrons. The monoisotopic (exact) mass is 412 g/mol. The van der Waals surface area contributed by atoms with E-state index in [9.17, 15) is 9.59 Å². The van der Waals surface area contributed by atoms with E-state index in [1.165, 1.54) is 26.4 Å². The first kappa shape index (κ1) is 21.3. The highest BCUT2D eigenvalue weighted by atomic mass is 16.5. The summed E-state index contributed by atoms with van der Waals surface area (Å²) in [6.07, 6.45) is 2.59. The Hall–Kier alpha value is -3.42. The Bertz CT molecular complexity index is 916. The van der Waals surface area contributed by atoms with E-state index >= 15 is 0 Å². The highest BCUT2D eigenvalue weighted by molar-refractivity contribution is 6.01. The minimum Gasteiger partial charge on any atom is -0.466 e. The Labute approximate surface area is 174 Å². The number of rotatable bonds is 4. The summed E-state index contributed by atoms with van der Waals surface area (Å²) < 4.78 is 20.9. The van der Waals surface area contributed by atoms with Crippen molar-refractivity contribution < 1.29 is 28.5 Å². The molecule has 8 nitrogen and oxygen atoms in total. The van der Waals surface area contributed by atoms with E-state index < -0.39 is 23.0 Å². The number of carbonyl (C=O) groups is 2. The lowest BCUT2D eigenvalue weighted by atomic mass is 10.0. The summed E-state index contributed by atoms with van der Waals surface area (Å²) >= 11 is 0. The summed E-state index contributed by atoms with van der Waals surface area (Å²) in [4.78, 5) is 32.3. The normalized spacial score (nSPS) is 21.5. The molecule has 0 saturated heterocycles. The lowest BCUT2D eigenvalue weighted by Gasteiger charge is -2.13. The maximum absolute atomic E-state index is 11.6. The largest absolute Gasteiger partial charge is 0.466 e. The average molecular weight is 412 g/mol. The smallest absolute Gasteiger partial charge is 0.333 e. The van der Waals surface area contributed by atoms with E-state index in [0.717, 1.165) is 11.1 Å². The first-order valence-corrected chi connectivity index (χ1v) is 9.32. The lowest BCUT2D eigenvalue weighted by molar-refractivity contribution is -0.135. The van der Waals surface area contributed by atoms with Crippen molar-refractivity contribution in [1.29, 1.82) is 0 Å². The van der Waals surface area contributed by atoms with Crippen molar-refractivity contribution in [2.75, 3.05) is 14.2 Å². The number of hydrogen-bond donors (Lipinski definition) is 0. The molecule has 8 heteroatoms. The van der Waals surface area contributed by atoms with Gasteiger partial charge in [-0.1, -0.05) is 0 Å². The number of nitrogens with zero attached hydrogens (tertiary/aromatic N) is 2. The third-order valence-electron chi connectivity index (χ3n) is 4.66. The number of esters is 2. The molecule has 2 aliphatic heterocycles. The van der Waals surface area contributed by atoms with Crippen LogP contribution in [0.25, 0.3) is 0 Å². The Kier molecular flexibility index (Phi) is 5.52. The summed E-state index contributed by atoms with van der Waals surface area (Å²) in [6.45, 7) is 7.39. The fourth-order valence-corrected chi connectivity index (χ4v) is 2.87. The highest BCUT2D eigenvalue weighted by Crippen LogP contribution is 2.33. The fraction of sp³-hybridized carbons (Fsp3) is 0.364. The van der Waals surface area contributed by atoms with Gasteiger partial charge in [0.1, 0.15) is 22.6 Å². The van der Waals surface area contributed by atoms with Gasteiger partial charge in [-0.15, -0.1) is 0 Å². The van der Waals surface area contributed by atoms with Crippen LogP contribution in [-0.2, 0) is 28.5 Å². The van der Waals surface area contributed by atoms with E-state index in [2.05, 4.69) is 19.5 Å². The molecule has 3 rings (SSSR count). The average Bonchev–Trinajstić information content (AvgIpc) is 3.16. The summed E-state index contributed by atoms with van der Waals surface area (Å²) in [7, 11) is 2.62. The number of carbonyl (C=O) groups excluding carboxylic acids is 2. The predicted octanol–water partition coefficient (Wildman–Crippen LogP) is 2.91. The van der Waals surface area contributed by atoms with Gasteiger partial charge in [-0.05, 0) is 52.0 Å².